The molecule has 0 aromatic heterocycles. The Morgan fingerprint density at radius 3 is 2.08 bits per heavy atom. The van der Waals surface area contributed by atoms with Gasteiger partial charge in [-0.1, -0.05) is 0 Å². The molecule has 7 heteroatoms. The molecule has 24 heavy (non-hydrogen) atoms. The molecule has 0 saturated carbocycles. The minimum Gasteiger partial charge on any atom is -0.494 e. The molecule has 0 atom stereocenters. The highest BCUT2D eigenvalue weighted by atomic mass is 16.5. The molecule has 0 heterocycles. The summed E-state index contributed by atoms with van der Waals surface area (Å²) in [5, 5.41) is 7.68. The van der Waals surface area contributed by atoms with Crippen LogP contribution >= 0.6 is 0 Å². The molecule has 0 aliphatic rings. The Labute approximate surface area is 142 Å². The van der Waals surface area contributed by atoms with Crippen LogP contribution in [0.3, 0.4) is 0 Å². The number of rotatable bonds is 7. The predicted molar refractivity (Wildman–Crippen MR) is 90.8 cm³/mol. The van der Waals surface area contributed by atoms with Gasteiger partial charge in [-0.05, 0) is 52.0 Å². The number of ether oxygens (including phenoxy) is 1. The summed E-state index contributed by atoms with van der Waals surface area (Å²) in [7, 11) is 0. The molecule has 0 aliphatic heterocycles. The van der Waals surface area contributed by atoms with Gasteiger partial charge in [0.1, 0.15) is 5.75 Å². The topological polar surface area (TPSA) is 96.5 Å². The van der Waals surface area contributed by atoms with E-state index in [2.05, 4.69) is 16.0 Å². The Morgan fingerprint density at radius 2 is 1.54 bits per heavy atom. The lowest BCUT2D eigenvalue weighted by Gasteiger charge is -2.20. The summed E-state index contributed by atoms with van der Waals surface area (Å²) in [4.78, 5) is 35.2. The second-order valence-electron chi connectivity index (χ2n) is 6.21. The molecule has 0 saturated heterocycles. The van der Waals surface area contributed by atoms with Crippen LogP contribution in [0.25, 0.3) is 0 Å². The zero-order chi connectivity index (χ0) is 18.2. The van der Waals surface area contributed by atoms with Crippen molar-refractivity contribution in [2.24, 2.45) is 0 Å². The standard InChI is InChI=1S/C17H25N3O4/c1-5-24-13-8-6-12(7-9-13)16(23)19-10-14(21)18-11-15(22)20-17(2,3)4/h6-9H,5,10-11H2,1-4H3,(H,18,21)(H,19,23)(H,20,22). The molecule has 3 N–H and O–H groups in total. The summed E-state index contributed by atoms with van der Waals surface area (Å²) in [5.74, 6) is -0.406. The number of carbonyl (C=O) groups is 3. The molecule has 0 fully saturated rings. The molecule has 132 valence electrons. The minimum absolute atomic E-state index is 0.130. The van der Waals surface area contributed by atoms with Crippen LogP contribution in [0.4, 0.5) is 0 Å². The zero-order valence-corrected chi connectivity index (χ0v) is 14.6. The second-order valence-corrected chi connectivity index (χ2v) is 6.21. The summed E-state index contributed by atoms with van der Waals surface area (Å²) in [5.41, 5.74) is 0.0701. The zero-order valence-electron chi connectivity index (χ0n) is 14.6. The average molecular weight is 335 g/mol. The third-order valence-corrected chi connectivity index (χ3v) is 2.80. The number of hydrogen-bond donors (Lipinski definition) is 3. The van der Waals surface area contributed by atoms with Crippen molar-refractivity contribution >= 4 is 17.7 Å². The predicted octanol–water partition coefficient (Wildman–Crippen LogP) is 0.846. The van der Waals surface area contributed by atoms with E-state index in [4.69, 9.17) is 4.74 Å². The number of amides is 3. The van der Waals surface area contributed by atoms with E-state index in [0.717, 1.165) is 0 Å². The quantitative estimate of drug-likeness (QED) is 0.688. The second kappa shape index (κ2) is 8.90. The van der Waals surface area contributed by atoms with Crippen LogP contribution in [-0.2, 0) is 9.59 Å². The maximum atomic E-state index is 11.9. The van der Waals surface area contributed by atoms with E-state index < -0.39 is 5.91 Å². The van der Waals surface area contributed by atoms with Crippen molar-refractivity contribution in [3.05, 3.63) is 29.8 Å². The highest BCUT2D eigenvalue weighted by Crippen LogP contribution is 2.11. The van der Waals surface area contributed by atoms with Crippen molar-refractivity contribution in [3.63, 3.8) is 0 Å². The number of nitrogens with one attached hydrogen (secondary N) is 3. The molecule has 7 nitrogen and oxygen atoms in total. The molecule has 3 amide bonds. The van der Waals surface area contributed by atoms with Gasteiger partial charge in [-0.25, -0.2) is 0 Å². The fourth-order valence-corrected chi connectivity index (χ4v) is 1.84. The minimum atomic E-state index is -0.432. The van der Waals surface area contributed by atoms with E-state index in [0.29, 0.717) is 17.9 Å². The van der Waals surface area contributed by atoms with Gasteiger partial charge in [-0.3, -0.25) is 14.4 Å². The molecule has 1 aromatic rings. The van der Waals surface area contributed by atoms with Gasteiger partial charge in [0.15, 0.2) is 0 Å². The third kappa shape index (κ3) is 7.62. The molecule has 0 spiro atoms. The van der Waals surface area contributed by atoms with Crippen molar-refractivity contribution in [2.75, 3.05) is 19.7 Å². The SMILES string of the molecule is CCOc1ccc(C(=O)NCC(=O)NCC(=O)NC(C)(C)C)cc1. The Balaban J connectivity index is 2.35. The van der Waals surface area contributed by atoms with Gasteiger partial charge in [0.2, 0.25) is 11.8 Å². The molecule has 1 aromatic carbocycles. The normalized spacial score (nSPS) is 10.7. The van der Waals surface area contributed by atoms with Gasteiger partial charge < -0.3 is 20.7 Å². The smallest absolute Gasteiger partial charge is 0.251 e. The Morgan fingerprint density at radius 1 is 0.958 bits per heavy atom. The lowest BCUT2D eigenvalue weighted by Crippen LogP contribution is -2.47. The third-order valence-electron chi connectivity index (χ3n) is 2.80. The average Bonchev–Trinajstić information content (AvgIpc) is 2.50. The molecule has 0 unspecified atom stereocenters. The van der Waals surface area contributed by atoms with E-state index in [1.54, 1.807) is 24.3 Å². The monoisotopic (exact) mass is 335 g/mol. The molecule has 0 aliphatic carbocycles. The highest BCUT2D eigenvalue weighted by Gasteiger charge is 2.14. The van der Waals surface area contributed by atoms with Crippen molar-refractivity contribution in [1.29, 1.82) is 0 Å². The van der Waals surface area contributed by atoms with E-state index in [9.17, 15) is 14.4 Å². The lowest BCUT2D eigenvalue weighted by atomic mass is 10.1. The van der Waals surface area contributed by atoms with Crippen LogP contribution < -0.4 is 20.7 Å². The Hall–Kier alpha value is -2.57. The lowest BCUT2D eigenvalue weighted by molar-refractivity contribution is -0.126. The molecule has 0 radical (unpaired) electrons. The summed E-state index contributed by atoms with van der Waals surface area (Å²) < 4.78 is 5.29. The molecular formula is C17H25N3O4. The first-order valence-electron chi connectivity index (χ1n) is 7.80. The summed E-state index contributed by atoms with van der Waals surface area (Å²) in [6, 6.07) is 6.62. The van der Waals surface area contributed by atoms with Gasteiger partial charge >= 0.3 is 0 Å². The molecule has 1 rings (SSSR count). The summed E-state index contributed by atoms with van der Waals surface area (Å²) in [6.07, 6.45) is 0. The van der Waals surface area contributed by atoms with Crippen LogP contribution in [-0.4, -0.2) is 43.0 Å². The fraction of sp³-hybridized carbons (Fsp3) is 0.471. The number of benzene rings is 1. The van der Waals surface area contributed by atoms with Gasteiger partial charge in [0.05, 0.1) is 19.7 Å². The van der Waals surface area contributed by atoms with E-state index in [-0.39, 0.29) is 30.4 Å². The van der Waals surface area contributed by atoms with Gasteiger partial charge in [-0.15, -0.1) is 0 Å². The van der Waals surface area contributed by atoms with Gasteiger partial charge in [0, 0.05) is 11.1 Å². The van der Waals surface area contributed by atoms with E-state index in [1.165, 1.54) is 0 Å². The number of carbonyl (C=O) groups excluding carboxylic acids is 3. The Kier molecular flexibility index (Phi) is 7.23. The maximum absolute atomic E-state index is 11.9. The highest BCUT2D eigenvalue weighted by molar-refractivity contribution is 5.96. The van der Waals surface area contributed by atoms with Crippen molar-refractivity contribution in [2.45, 2.75) is 33.2 Å². The fourth-order valence-electron chi connectivity index (χ4n) is 1.84. The maximum Gasteiger partial charge on any atom is 0.251 e. The van der Waals surface area contributed by atoms with Gasteiger partial charge in [-0.2, -0.15) is 0 Å². The van der Waals surface area contributed by atoms with Crippen molar-refractivity contribution in [3.8, 4) is 5.75 Å². The van der Waals surface area contributed by atoms with Crippen LogP contribution in [0.1, 0.15) is 38.1 Å². The number of hydrogen-bond acceptors (Lipinski definition) is 4. The van der Waals surface area contributed by atoms with Gasteiger partial charge in [0.25, 0.3) is 5.91 Å². The van der Waals surface area contributed by atoms with Crippen LogP contribution in [0, 0.1) is 0 Å². The largest absolute Gasteiger partial charge is 0.494 e. The first-order valence-corrected chi connectivity index (χ1v) is 7.80. The van der Waals surface area contributed by atoms with Crippen LogP contribution in [0.5, 0.6) is 5.75 Å². The molecular weight excluding hydrogens is 310 g/mol. The van der Waals surface area contributed by atoms with Crippen LogP contribution in [0.15, 0.2) is 24.3 Å². The first-order chi connectivity index (χ1) is 11.2. The van der Waals surface area contributed by atoms with Crippen molar-refractivity contribution < 1.29 is 19.1 Å². The van der Waals surface area contributed by atoms with Crippen molar-refractivity contribution in [1.82, 2.24) is 16.0 Å². The first kappa shape index (κ1) is 19.5. The van der Waals surface area contributed by atoms with E-state index >= 15 is 0 Å². The summed E-state index contributed by atoms with van der Waals surface area (Å²) in [6.45, 7) is 7.65. The van der Waals surface area contributed by atoms with Crippen LogP contribution in [0.2, 0.25) is 0 Å². The molecule has 0 bridgehead atoms. The summed E-state index contributed by atoms with van der Waals surface area (Å²) >= 11 is 0. The Bertz CT molecular complexity index is 576. The van der Waals surface area contributed by atoms with E-state index in [1.807, 2.05) is 27.7 Å².